The molecule has 1 unspecified atom stereocenters. The molecule has 1 fully saturated rings. The highest BCUT2D eigenvalue weighted by Crippen LogP contribution is 2.33. The van der Waals surface area contributed by atoms with Gasteiger partial charge in [-0.05, 0) is 12.5 Å². The van der Waals surface area contributed by atoms with Gasteiger partial charge in [0.1, 0.15) is 16.7 Å². The monoisotopic (exact) mass is 307 g/mol. The van der Waals surface area contributed by atoms with Crippen LogP contribution in [0.25, 0.3) is 10.2 Å². The fourth-order valence-corrected chi connectivity index (χ4v) is 3.43. The lowest BCUT2D eigenvalue weighted by molar-refractivity contribution is -0.121. The van der Waals surface area contributed by atoms with Crippen LogP contribution in [0.4, 0.5) is 11.8 Å². The summed E-state index contributed by atoms with van der Waals surface area (Å²) in [4.78, 5) is 24.2. The molecule has 2 aromatic heterocycles. The van der Waals surface area contributed by atoms with Gasteiger partial charge in [-0.15, -0.1) is 11.3 Å². The fraction of sp³-hybridized carbons (Fsp3) is 0.462. The summed E-state index contributed by atoms with van der Waals surface area (Å²) in [6.07, 6.45) is 0.919. The minimum Gasteiger partial charge on any atom is -0.377 e. The number of aromatic nitrogens is 2. The quantitative estimate of drug-likeness (QED) is 0.856. The molecule has 4 N–H and O–H groups in total. The number of nitrogen functional groups attached to an aromatic ring is 1. The van der Waals surface area contributed by atoms with E-state index in [1.54, 1.807) is 11.3 Å². The van der Waals surface area contributed by atoms with Gasteiger partial charge in [-0.25, -0.2) is 4.98 Å². The van der Waals surface area contributed by atoms with E-state index < -0.39 is 11.9 Å². The first-order valence-electron chi connectivity index (χ1n) is 6.79. The van der Waals surface area contributed by atoms with E-state index in [0.717, 1.165) is 16.6 Å². The van der Waals surface area contributed by atoms with Crippen LogP contribution in [0.15, 0.2) is 6.07 Å². The highest BCUT2D eigenvalue weighted by atomic mass is 32.1. The van der Waals surface area contributed by atoms with Crippen molar-refractivity contribution in [2.75, 3.05) is 30.4 Å². The van der Waals surface area contributed by atoms with Gasteiger partial charge in [0.2, 0.25) is 11.9 Å². The summed E-state index contributed by atoms with van der Waals surface area (Å²) in [5.41, 5.74) is 11.3. The molecule has 0 spiro atoms. The first kappa shape index (κ1) is 14.0. The zero-order chi connectivity index (χ0) is 15.0. The molecule has 1 atom stereocenters. The molecule has 3 rings (SSSR count). The van der Waals surface area contributed by atoms with Gasteiger partial charge in [0.15, 0.2) is 0 Å². The van der Waals surface area contributed by atoms with Crippen molar-refractivity contribution in [2.24, 2.45) is 5.73 Å². The van der Waals surface area contributed by atoms with Crippen LogP contribution in [0.5, 0.6) is 0 Å². The molecule has 1 amide bonds. The summed E-state index contributed by atoms with van der Waals surface area (Å²) in [6.45, 7) is 3.43. The predicted molar refractivity (Wildman–Crippen MR) is 82.4 cm³/mol. The second kappa shape index (κ2) is 5.45. The molecule has 0 aliphatic carbocycles. The van der Waals surface area contributed by atoms with Crippen LogP contribution in [0.2, 0.25) is 0 Å². The lowest BCUT2D eigenvalue weighted by Gasteiger charge is -2.34. The van der Waals surface area contributed by atoms with Crippen molar-refractivity contribution in [3.8, 4) is 0 Å². The zero-order valence-electron chi connectivity index (χ0n) is 11.7. The Hall–Kier alpha value is -1.93. The van der Waals surface area contributed by atoms with Crippen molar-refractivity contribution in [2.45, 2.75) is 19.4 Å². The summed E-state index contributed by atoms with van der Waals surface area (Å²) in [6, 6.07) is 1.53. The first-order valence-corrected chi connectivity index (χ1v) is 7.61. The number of amides is 1. The van der Waals surface area contributed by atoms with Gasteiger partial charge >= 0.3 is 0 Å². The lowest BCUT2D eigenvalue weighted by Crippen LogP contribution is -2.53. The van der Waals surface area contributed by atoms with E-state index in [4.69, 9.17) is 16.2 Å². The van der Waals surface area contributed by atoms with Gasteiger partial charge in [-0.1, -0.05) is 6.92 Å². The molecule has 8 heteroatoms. The van der Waals surface area contributed by atoms with E-state index in [9.17, 15) is 4.79 Å². The Kier molecular flexibility index (Phi) is 3.64. The number of ether oxygens (including phenoxy) is 1. The number of carbonyl (C=O) groups excluding carboxylic acids is 1. The first-order chi connectivity index (χ1) is 10.1. The maximum atomic E-state index is 11.6. The van der Waals surface area contributed by atoms with E-state index in [0.29, 0.717) is 19.0 Å². The molecule has 2 aromatic rings. The maximum absolute atomic E-state index is 11.6. The van der Waals surface area contributed by atoms with Gasteiger partial charge in [-0.3, -0.25) is 4.79 Å². The minimum atomic E-state index is -0.527. The Morgan fingerprint density at radius 3 is 3.10 bits per heavy atom. The zero-order valence-corrected chi connectivity index (χ0v) is 12.5. The number of hydrogen-bond donors (Lipinski definition) is 2. The number of carbonyl (C=O) groups is 1. The van der Waals surface area contributed by atoms with E-state index in [1.165, 1.54) is 4.88 Å². The number of nitrogens with zero attached hydrogens (tertiary/aromatic N) is 3. The fourth-order valence-electron chi connectivity index (χ4n) is 2.46. The van der Waals surface area contributed by atoms with Gasteiger partial charge in [0.05, 0.1) is 18.6 Å². The Labute approximate surface area is 125 Å². The normalized spacial score (nSPS) is 19.1. The van der Waals surface area contributed by atoms with Crippen molar-refractivity contribution in [3.63, 3.8) is 0 Å². The van der Waals surface area contributed by atoms with Crippen LogP contribution < -0.4 is 16.4 Å². The number of nitrogens with two attached hydrogens (primary N) is 2. The third-order valence-electron chi connectivity index (χ3n) is 3.52. The third kappa shape index (κ3) is 2.52. The molecule has 112 valence electrons. The van der Waals surface area contributed by atoms with E-state index >= 15 is 0 Å². The smallest absolute Gasteiger partial charge is 0.242 e. The number of anilines is 2. The highest BCUT2D eigenvalue weighted by Gasteiger charge is 2.30. The molecular formula is C13H17N5O2S. The van der Waals surface area contributed by atoms with E-state index in [-0.39, 0.29) is 12.6 Å². The Morgan fingerprint density at radius 2 is 2.38 bits per heavy atom. The van der Waals surface area contributed by atoms with Crippen LogP contribution >= 0.6 is 11.3 Å². The average molecular weight is 307 g/mol. The maximum Gasteiger partial charge on any atom is 0.242 e. The van der Waals surface area contributed by atoms with Gasteiger partial charge in [0.25, 0.3) is 0 Å². The summed E-state index contributed by atoms with van der Waals surface area (Å²) in [5.74, 6) is 0.447. The third-order valence-corrected chi connectivity index (χ3v) is 4.69. The van der Waals surface area contributed by atoms with Crippen molar-refractivity contribution < 1.29 is 9.53 Å². The molecule has 0 bridgehead atoms. The highest BCUT2D eigenvalue weighted by molar-refractivity contribution is 7.18. The summed E-state index contributed by atoms with van der Waals surface area (Å²) in [5, 5.41) is 0.916. The molecule has 1 saturated heterocycles. The van der Waals surface area contributed by atoms with E-state index in [1.807, 2.05) is 4.90 Å². The Balaban J connectivity index is 2.13. The molecule has 1 aliphatic rings. The van der Waals surface area contributed by atoms with Gasteiger partial charge in [-0.2, -0.15) is 4.98 Å². The molecule has 1 aliphatic heterocycles. The molecule has 21 heavy (non-hydrogen) atoms. The number of rotatable bonds is 3. The molecule has 0 aromatic carbocycles. The summed E-state index contributed by atoms with van der Waals surface area (Å²) in [7, 11) is 0. The van der Waals surface area contributed by atoms with E-state index in [2.05, 4.69) is 23.0 Å². The molecule has 0 saturated carbocycles. The van der Waals surface area contributed by atoms with Crippen molar-refractivity contribution in [1.82, 2.24) is 9.97 Å². The van der Waals surface area contributed by atoms with Crippen LogP contribution in [-0.2, 0) is 16.0 Å². The van der Waals surface area contributed by atoms with Crippen LogP contribution in [0.3, 0.4) is 0 Å². The number of aryl methyl sites for hydroxylation is 1. The van der Waals surface area contributed by atoms with Crippen molar-refractivity contribution in [3.05, 3.63) is 10.9 Å². The molecule has 3 heterocycles. The van der Waals surface area contributed by atoms with Crippen LogP contribution in [-0.4, -0.2) is 41.7 Å². The molecule has 0 radical (unpaired) electrons. The largest absolute Gasteiger partial charge is 0.377 e. The standard InChI is InChI=1S/C13H17N5O2S/c1-2-7-5-8-11(16-13(15)17-12(8)21-7)18-3-4-20-6-9(18)10(14)19/h5,9H,2-4,6H2,1H3,(H2,14,19)(H2,15,16,17). The topological polar surface area (TPSA) is 107 Å². The number of thiophene rings is 1. The van der Waals surface area contributed by atoms with Gasteiger partial charge in [0, 0.05) is 11.4 Å². The summed E-state index contributed by atoms with van der Waals surface area (Å²) >= 11 is 1.59. The average Bonchev–Trinajstić information content (AvgIpc) is 2.89. The van der Waals surface area contributed by atoms with Crippen molar-refractivity contribution >= 4 is 39.2 Å². The van der Waals surface area contributed by atoms with Gasteiger partial charge < -0.3 is 21.1 Å². The minimum absolute atomic E-state index is 0.205. The van der Waals surface area contributed by atoms with Crippen LogP contribution in [0, 0.1) is 0 Å². The second-order valence-electron chi connectivity index (χ2n) is 4.88. The Bertz CT molecular complexity index is 686. The number of fused-ring (bicyclic) bond motifs is 1. The molecule has 7 nitrogen and oxygen atoms in total. The number of primary amides is 1. The Morgan fingerprint density at radius 1 is 1.57 bits per heavy atom. The lowest BCUT2D eigenvalue weighted by atomic mass is 10.2. The van der Waals surface area contributed by atoms with Crippen molar-refractivity contribution in [1.29, 1.82) is 0 Å². The number of hydrogen-bond acceptors (Lipinski definition) is 7. The predicted octanol–water partition coefficient (Wildman–Crippen LogP) is 0.526. The molecular weight excluding hydrogens is 290 g/mol. The second-order valence-corrected chi connectivity index (χ2v) is 5.99. The van der Waals surface area contributed by atoms with Crippen LogP contribution in [0.1, 0.15) is 11.8 Å². The number of morpholine rings is 1. The summed E-state index contributed by atoms with van der Waals surface area (Å²) < 4.78 is 5.35. The SMILES string of the molecule is CCc1cc2c(N3CCOCC3C(N)=O)nc(N)nc2s1.